The zero-order valence-electron chi connectivity index (χ0n) is 18.7. The van der Waals surface area contributed by atoms with Gasteiger partial charge in [0.2, 0.25) is 11.8 Å². The lowest BCUT2D eigenvalue weighted by molar-refractivity contribution is -0.138. The number of hydrogen-bond donors (Lipinski definition) is 2. The predicted molar refractivity (Wildman–Crippen MR) is 132 cm³/mol. The fourth-order valence-electron chi connectivity index (χ4n) is 5.17. The Morgan fingerprint density at radius 3 is 2.89 bits per heavy atom. The van der Waals surface area contributed by atoms with Crippen LogP contribution in [0.3, 0.4) is 0 Å². The Morgan fingerprint density at radius 2 is 2.09 bits per heavy atom. The number of hydrogen-bond acceptors (Lipinski definition) is 6. The second-order valence-corrected chi connectivity index (χ2v) is 9.93. The summed E-state index contributed by atoms with van der Waals surface area (Å²) in [5.74, 6) is 0.126. The van der Waals surface area contributed by atoms with Crippen molar-refractivity contribution >= 4 is 61.3 Å². The second-order valence-electron chi connectivity index (χ2n) is 9.11. The summed E-state index contributed by atoms with van der Waals surface area (Å²) in [6, 6.07) is 7.80. The van der Waals surface area contributed by atoms with E-state index < -0.39 is 6.04 Å². The normalized spacial score (nSPS) is 20.9. The van der Waals surface area contributed by atoms with E-state index in [1.807, 2.05) is 0 Å². The van der Waals surface area contributed by atoms with E-state index in [0.29, 0.717) is 50.3 Å². The van der Waals surface area contributed by atoms with Gasteiger partial charge in [-0.2, -0.15) is 0 Å². The molecule has 0 spiro atoms. The molecule has 1 aromatic carbocycles. The number of halogens is 2. The van der Waals surface area contributed by atoms with Gasteiger partial charge in [0.1, 0.15) is 46.6 Å². The van der Waals surface area contributed by atoms with Crippen molar-refractivity contribution in [3.63, 3.8) is 0 Å². The van der Waals surface area contributed by atoms with Gasteiger partial charge >= 0.3 is 0 Å². The number of nitrogens with two attached hydrogens (primary N) is 1. The van der Waals surface area contributed by atoms with Crippen LogP contribution >= 0.6 is 15.9 Å². The van der Waals surface area contributed by atoms with Crippen LogP contribution in [0.5, 0.6) is 0 Å². The van der Waals surface area contributed by atoms with E-state index in [0.717, 1.165) is 6.42 Å². The Hall–Kier alpha value is -3.60. The largest absolute Gasteiger partial charge is 0.383 e. The summed E-state index contributed by atoms with van der Waals surface area (Å²) < 4.78 is 16.8. The summed E-state index contributed by atoms with van der Waals surface area (Å²) in [5.41, 5.74) is 7.65. The number of amides is 2. The Balaban J connectivity index is 1.34. The topological polar surface area (TPSA) is 119 Å². The molecule has 1 saturated heterocycles. The Labute approximate surface area is 207 Å². The molecule has 35 heavy (non-hydrogen) atoms. The summed E-state index contributed by atoms with van der Waals surface area (Å²) in [6.07, 6.45) is 2.83. The molecule has 178 valence electrons. The van der Waals surface area contributed by atoms with Gasteiger partial charge in [-0.15, -0.1) is 0 Å². The molecule has 0 radical (unpaired) electrons. The third kappa shape index (κ3) is 3.61. The molecule has 6 rings (SSSR count). The highest BCUT2D eigenvalue weighted by Gasteiger charge is 2.56. The average Bonchev–Trinajstić information content (AvgIpc) is 3.37. The van der Waals surface area contributed by atoms with E-state index in [1.54, 1.807) is 40.7 Å². The number of pyridine rings is 1. The number of anilines is 2. The molecule has 1 unspecified atom stereocenters. The van der Waals surface area contributed by atoms with Crippen LogP contribution in [0.2, 0.25) is 0 Å². The molecule has 2 fully saturated rings. The summed E-state index contributed by atoms with van der Waals surface area (Å²) >= 11 is 3.30. The van der Waals surface area contributed by atoms with E-state index in [2.05, 4.69) is 36.2 Å². The van der Waals surface area contributed by atoms with Gasteiger partial charge in [-0.05, 0) is 71.4 Å². The lowest BCUT2D eigenvalue weighted by atomic mass is 10.1. The maximum absolute atomic E-state index is 14.4. The van der Waals surface area contributed by atoms with Gasteiger partial charge in [-0.3, -0.25) is 9.59 Å². The highest BCUT2D eigenvalue weighted by molar-refractivity contribution is 9.10. The summed E-state index contributed by atoms with van der Waals surface area (Å²) in [5, 5.41) is 3.89. The van der Waals surface area contributed by atoms with Crippen LogP contribution in [0.4, 0.5) is 16.0 Å². The Morgan fingerprint density at radius 1 is 1.26 bits per heavy atom. The van der Waals surface area contributed by atoms with Gasteiger partial charge in [-0.1, -0.05) is 6.07 Å². The molecule has 2 amide bonds. The average molecular weight is 538 g/mol. The third-order valence-corrected chi connectivity index (χ3v) is 7.35. The van der Waals surface area contributed by atoms with Crippen molar-refractivity contribution in [2.24, 2.45) is 5.92 Å². The lowest BCUT2D eigenvalue weighted by Gasteiger charge is -2.27. The molecule has 1 aliphatic heterocycles. The number of likely N-dealkylation sites (tertiary alicyclic amines) is 1. The lowest BCUT2D eigenvalue weighted by Crippen LogP contribution is -2.46. The number of fused-ring (bicyclic) bond motifs is 4. The van der Waals surface area contributed by atoms with Gasteiger partial charge < -0.3 is 20.5 Å². The highest BCUT2D eigenvalue weighted by atomic mass is 79.9. The summed E-state index contributed by atoms with van der Waals surface area (Å²) in [6.45, 7) is 1.61. The van der Waals surface area contributed by atoms with Crippen LogP contribution in [0.15, 0.2) is 41.3 Å². The van der Waals surface area contributed by atoms with Gasteiger partial charge in [0, 0.05) is 11.4 Å². The smallest absolute Gasteiger partial charge is 0.248 e. The van der Waals surface area contributed by atoms with E-state index in [4.69, 9.17) is 5.73 Å². The van der Waals surface area contributed by atoms with Crippen molar-refractivity contribution < 1.29 is 14.0 Å². The molecule has 3 N–H and O–H groups in total. The quantitative estimate of drug-likeness (QED) is 0.385. The molecule has 2 aliphatic rings. The minimum Gasteiger partial charge on any atom is -0.383 e. The van der Waals surface area contributed by atoms with Crippen LogP contribution in [0.1, 0.15) is 18.4 Å². The van der Waals surface area contributed by atoms with Crippen molar-refractivity contribution in [2.75, 3.05) is 11.1 Å². The SMILES string of the molecule is Cc1cc2c(cc1F)c1c(N)ncnc1n2CC(=O)N1C2C[C@@H]2C[C@H]1C(=O)Nc1cccc(Br)n1. The number of carbonyl (C=O) groups excluding carboxylic acids is 2. The van der Waals surface area contributed by atoms with Crippen molar-refractivity contribution in [1.29, 1.82) is 0 Å². The second kappa shape index (κ2) is 7.98. The maximum atomic E-state index is 14.4. The summed E-state index contributed by atoms with van der Waals surface area (Å²) in [7, 11) is 0. The summed E-state index contributed by atoms with van der Waals surface area (Å²) in [4.78, 5) is 41.1. The number of nitrogen functional groups attached to an aromatic ring is 1. The van der Waals surface area contributed by atoms with Crippen molar-refractivity contribution in [3.8, 4) is 0 Å². The fourth-order valence-corrected chi connectivity index (χ4v) is 5.51. The number of aryl methyl sites for hydroxylation is 1. The van der Waals surface area contributed by atoms with Gasteiger partial charge in [0.05, 0.1) is 10.9 Å². The van der Waals surface area contributed by atoms with E-state index in [1.165, 1.54) is 12.4 Å². The molecular formula is C24H21BrFN7O2. The molecule has 3 atom stereocenters. The van der Waals surface area contributed by atoms with Gasteiger partial charge in [0.25, 0.3) is 0 Å². The molecular weight excluding hydrogens is 517 g/mol. The first kappa shape index (κ1) is 21.9. The van der Waals surface area contributed by atoms with Crippen molar-refractivity contribution in [2.45, 2.75) is 38.4 Å². The fraction of sp³-hybridized carbons (Fsp3) is 0.292. The van der Waals surface area contributed by atoms with Crippen LogP contribution < -0.4 is 11.1 Å². The first-order valence-electron chi connectivity index (χ1n) is 11.2. The zero-order valence-corrected chi connectivity index (χ0v) is 20.3. The van der Waals surface area contributed by atoms with Gasteiger partial charge in [-0.25, -0.2) is 19.3 Å². The first-order valence-corrected chi connectivity index (χ1v) is 12.0. The first-order chi connectivity index (χ1) is 16.8. The van der Waals surface area contributed by atoms with E-state index >= 15 is 0 Å². The van der Waals surface area contributed by atoms with Gasteiger partial charge in [0.15, 0.2) is 0 Å². The number of carbonyl (C=O) groups is 2. The molecule has 3 aromatic heterocycles. The number of nitrogens with zero attached hydrogens (tertiary/aromatic N) is 5. The van der Waals surface area contributed by atoms with Crippen LogP contribution in [-0.4, -0.2) is 48.3 Å². The highest BCUT2D eigenvalue weighted by Crippen LogP contribution is 2.48. The monoisotopic (exact) mass is 537 g/mol. The van der Waals surface area contributed by atoms with E-state index in [-0.39, 0.29) is 36.0 Å². The molecule has 9 nitrogen and oxygen atoms in total. The Kier molecular flexibility index (Phi) is 4.99. The minimum atomic E-state index is -0.584. The molecule has 11 heteroatoms. The maximum Gasteiger partial charge on any atom is 0.248 e. The number of nitrogens with one attached hydrogen (secondary N) is 1. The van der Waals surface area contributed by atoms with Crippen LogP contribution in [0.25, 0.3) is 21.9 Å². The zero-order chi connectivity index (χ0) is 24.4. The van der Waals surface area contributed by atoms with E-state index in [9.17, 15) is 14.0 Å². The van der Waals surface area contributed by atoms with Crippen LogP contribution in [-0.2, 0) is 16.1 Å². The molecule has 1 saturated carbocycles. The number of benzene rings is 1. The molecule has 1 aliphatic carbocycles. The molecule has 4 heterocycles. The molecule has 0 bridgehead atoms. The standard InChI is InChI=1S/C24H21BrFN7O2/c1-11-5-16-13(8-14(11)26)21-22(27)28-10-29-23(21)32(16)9-20(34)33-15-6-12(15)7-17(33)24(35)31-19-4-2-3-18(25)30-19/h2-5,8,10,12,15,17H,6-7,9H2,1H3,(H2,27,28,29)(H,30,31,35)/t12-,15?,17+/m1/s1. The van der Waals surface area contributed by atoms with Crippen molar-refractivity contribution in [1.82, 2.24) is 24.4 Å². The third-order valence-electron chi connectivity index (χ3n) is 6.90. The number of rotatable bonds is 4. The molecule has 4 aromatic rings. The predicted octanol–water partition coefficient (Wildman–Crippen LogP) is 3.40. The number of aromatic nitrogens is 4. The Bertz CT molecular complexity index is 1540. The van der Waals surface area contributed by atoms with Crippen molar-refractivity contribution in [3.05, 3.63) is 52.6 Å². The number of piperidine rings is 1. The minimum absolute atomic E-state index is 0.0423. The van der Waals surface area contributed by atoms with Crippen LogP contribution in [0, 0.1) is 18.7 Å².